The zero-order chi connectivity index (χ0) is 7.40. The molecule has 0 aromatic heterocycles. The predicted octanol–water partition coefficient (Wildman–Crippen LogP) is 2.90. The van der Waals surface area contributed by atoms with E-state index in [4.69, 9.17) is 11.6 Å². The van der Waals surface area contributed by atoms with Crippen molar-refractivity contribution in [3.8, 4) is 0 Å². The van der Waals surface area contributed by atoms with Gasteiger partial charge in [-0.2, -0.15) is 0 Å². The standard InChI is InChI=1S/C8H8ClN/c1-2-10-8-5-3-4-7(9)6-8/h2-6,10H,1H2. The molecule has 1 aromatic rings. The first-order valence-electron chi connectivity index (χ1n) is 2.96. The van der Waals surface area contributed by atoms with Gasteiger partial charge in [0.05, 0.1) is 0 Å². The first-order valence-corrected chi connectivity index (χ1v) is 3.34. The zero-order valence-electron chi connectivity index (χ0n) is 5.47. The van der Waals surface area contributed by atoms with E-state index in [0.717, 1.165) is 10.7 Å². The molecule has 1 N–H and O–H groups in total. The van der Waals surface area contributed by atoms with E-state index in [1.54, 1.807) is 6.20 Å². The minimum Gasteiger partial charge on any atom is -0.362 e. The van der Waals surface area contributed by atoms with Crippen molar-refractivity contribution in [2.24, 2.45) is 0 Å². The SMILES string of the molecule is C=CNc1cccc(Cl)c1. The largest absolute Gasteiger partial charge is 0.362 e. The summed E-state index contributed by atoms with van der Waals surface area (Å²) in [5.74, 6) is 0. The lowest BCUT2D eigenvalue weighted by Gasteiger charge is -1.98. The van der Waals surface area contributed by atoms with Crippen molar-refractivity contribution in [2.75, 3.05) is 5.32 Å². The number of hydrogen-bond donors (Lipinski definition) is 1. The average Bonchev–Trinajstić information content (AvgIpc) is 1.88. The minimum absolute atomic E-state index is 0.729. The molecule has 0 fully saturated rings. The Morgan fingerprint density at radius 1 is 1.50 bits per heavy atom. The van der Waals surface area contributed by atoms with E-state index in [1.807, 2.05) is 24.3 Å². The molecule has 1 nitrogen and oxygen atoms in total. The van der Waals surface area contributed by atoms with Crippen LogP contribution in [-0.2, 0) is 0 Å². The van der Waals surface area contributed by atoms with Crippen molar-refractivity contribution in [3.05, 3.63) is 42.1 Å². The molecule has 52 valence electrons. The quantitative estimate of drug-likeness (QED) is 0.689. The van der Waals surface area contributed by atoms with E-state index in [-0.39, 0.29) is 0 Å². The summed E-state index contributed by atoms with van der Waals surface area (Å²) >= 11 is 5.71. The summed E-state index contributed by atoms with van der Waals surface area (Å²) in [7, 11) is 0. The lowest BCUT2D eigenvalue weighted by atomic mass is 10.3. The van der Waals surface area contributed by atoms with Gasteiger partial charge in [-0.1, -0.05) is 24.2 Å². The molecule has 0 aliphatic heterocycles. The van der Waals surface area contributed by atoms with Gasteiger partial charge in [0.2, 0.25) is 0 Å². The number of rotatable bonds is 2. The highest BCUT2D eigenvalue weighted by atomic mass is 35.5. The molecule has 10 heavy (non-hydrogen) atoms. The fourth-order valence-electron chi connectivity index (χ4n) is 0.696. The van der Waals surface area contributed by atoms with Gasteiger partial charge in [0.15, 0.2) is 0 Å². The molecule has 0 bridgehead atoms. The molecule has 2 heteroatoms. The topological polar surface area (TPSA) is 12.0 Å². The predicted molar refractivity (Wildman–Crippen MR) is 45.3 cm³/mol. The normalized spacial score (nSPS) is 8.90. The Hall–Kier alpha value is -0.950. The van der Waals surface area contributed by atoms with Crippen LogP contribution in [0.5, 0.6) is 0 Å². The van der Waals surface area contributed by atoms with Gasteiger partial charge in [0, 0.05) is 10.7 Å². The van der Waals surface area contributed by atoms with E-state index in [9.17, 15) is 0 Å². The monoisotopic (exact) mass is 153 g/mol. The fourth-order valence-corrected chi connectivity index (χ4v) is 0.886. The van der Waals surface area contributed by atoms with E-state index >= 15 is 0 Å². The smallest absolute Gasteiger partial charge is 0.0426 e. The van der Waals surface area contributed by atoms with Crippen LogP contribution in [0.25, 0.3) is 0 Å². The maximum absolute atomic E-state index is 5.71. The molecule has 0 heterocycles. The number of benzene rings is 1. The Bertz CT molecular complexity index is 232. The molecule has 0 atom stereocenters. The molecule has 0 saturated heterocycles. The van der Waals surface area contributed by atoms with Crippen molar-refractivity contribution in [2.45, 2.75) is 0 Å². The van der Waals surface area contributed by atoms with Crippen LogP contribution in [0.4, 0.5) is 5.69 Å². The van der Waals surface area contributed by atoms with Crippen LogP contribution in [0.15, 0.2) is 37.0 Å². The molecule has 0 aliphatic rings. The van der Waals surface area contributed by atoms with E-state index in [2.05, 4.69) is 11.9 Å². The van der Waals surface area contributed by atoms with Crippen molar-refractivity contribution in [1.82, 2.24) is 0 Å². The fraction of sp³-hybridized carbons (Fsp3) is 0. The van der Waals surface area contributed by atoms with Gasteiger partial charge in [0.25, 0.3) is 0 Å². The number of hydrogen-bond acceptors (Lipinski definition) is 1. The summed E-state index contributed by atoms with van der Waals surface area (Å²) in [6.45, 7) is 3.53. The number of anilines is 1. The van der Waals surface area contributed by atoms with Gasteiger partial charge < -0.3 is 5.32 Å². The van der Waals surface area contributed by atoms with Crippen LogP contribution in [0.3, 0.4) is 0 Å². The van der Waals surface area contributed by atoms with Gasteiger partial charge in [0.1, 0.15) is 0 Å². The average molecular weight is 154 g/mol. The Kier molecular flexibility index (Phi) is 2.35. The summed E-state index contributed by atoms with van der Waals surface area (Å²) in [6, 6.07) is 7.47. The third kappa shape index (κ3) is 1.78. The van der Waals surface area contributed by atoms with Gasteiger partial charge in [-0.3, -0.25) is 0 Å². The van der Waals surface area contributed by atoms with Crippen molar-refractivity contribution in [1.29, 1.82) is 0 Å². The second-order valence-electron chi connectivity index (χ2n) is 1.86. The maximum Gasteiger partial charge on any atom is 0.0426 e. The lowest BCUT2D eigenvalue weighted by molar-refractivity contribution is 1.59. The molecule has 0 amide bonds. The number of nitrogens with one attached hydrogen (secondary N) is 1. The summed E-state index contributed by atoms with van der Waals surface area (Å²) in [5, 5.41) is 3.66. The van der Waals surface area contributed by atoms with Crippen LogP contribution in [-0.4, -0.2) is 0 Å². The van der Waals surface area contributed by atoms with Gasteiger partial charge >= 0.3 is 0 Å². The highest BCUT2D eigenvalue weighted by Crippen LogP contribution is 2.14. The molecule has 0 spiro atoms. The molecule has 0 saturated carbocycles. The Morgan fingerprint density at radius 2 is 2.30 bits per heavy atom. The maximum atomic E-state index is 5.71. The van der Waals surface area contributed by atoms with Crippen LogP contribution >= 0.6 is 11.6 Å². The molecule has 0 unspecified atom stereocenters. The van der Waals surface area contributed by atoms with Gasteiger partial charge in [-0.05, 0) is 24.4 Å². The van der Waals surface area contributed by atoms with E-state index in [0.29, 0.717) is 0 Å². The third-order valence-electron chi connectivity index (χ3n) is 1.09. The second-order valence-corrected chi connectivity index (χ2v) is 2.30. The summed E-state index contributed by atoms with van der Waals surface area (Å²) in [5.41, 5.74) is 0.961. The second kappa shape index (κ2) is 3.28. The minimum atomic E-state index is 0.729. The molecule has 0 radical (unpaired) electrons. The Morgan fingerprint density at radius 3 is 2.90 bits per heavy atom. The van der Waals surface area contributed by atoms with Gasteiger partial charge in [-0.15, -0.1) is 0 Å². The summed E-state index contributed by atoms with van der Waals surface area (Å²) < 4.78 is 0. The summed E-state index contributed by atoms with van der Waals surface area (Å²) in [6.07, 6.45) is 1.62. The van der Waals surface area contributed by atoms with Gasteiger partial charge in [-0.25, -0.2) is 0 Å². The van der Waals surface area contributed by atoms with Crippen LogP contribution in [0, 0.1) is 0 Å². The molecule has 1 rings (SSSR count). The molecule has 0 aliphatic carbocycles. The Labute approximate surface area is 65.3 Å². The van der Waals surface area contributed by atoms with Crippen molar-refractivity contribution in [3.63, 3.8) is 0 Å². The number of halogens is 1. The molecular weight excluding hydrogens is 146 g/mol. The summed E-state index contributed by atoms with van der Waals surface area (Å²) in [4.78, 5) is 0. The highest BCUT2D eigenvalue weighted by Gasteiger charge is 1.87. The van der Waals surface area contributed by atoms with Crippen LogP contribution in [0.2, 0.25) is 5.02 Å². The highest BCUT2D eigenvalue weighted by molar-refractivity contribution is 6.30. The Balaban J connectivity index is 2.84. The molecular formula is C8H8ClN. The van der Waals surface area contributed by atoms with Crippen LogP contribution < -0.4 is 5.32 Å². The lowest BCUT2D eigenvalue weighted by Crippen LogP contribution is -1.83. The molecule has 1 aromatic carbocycles. The first kappa shape index (κ1) is 7.16. The van der Waals surface area contributed by atoms with E-state index in [1.165, 1.54) is 0 Å². The van der Waals surface area contributed by atoms with Crippen LogP contribution in [0.1, 0.15) is 0 Å². The van der Waals surface area contributed by atoms with E-state index < -0.39 is 0 Å². The van der Waals surface area contributed by atoms with Crippen molar-refractivity contribution >= 4 is 17.3 Å². The zero-order valence-corrected chi connectivity index (χ0v) is 6.23. The first-order chi connectivity index (χ1) is 4.83. The van der Waals surface area contributed by atoms with Crippen molar-refractivity contribution < 1.29 is 0 Å². The third-order valence-corrected chi connectivity index (χ3v) is 1.33.